The maximum atomic E-state index is 13.3. The first-order valence-corrected chi connectivity index (χ1v) is 13.9. The number of thioether (sulfide) groups is 1. The van der Waals surface area contributed by atoms with Crippen molar-refractivity contribution >= 4 is 70.1 Å². The molecule has 0 heterocycles. The molecule has 1 atom stereocenters. The number of hydrogen-bond acceptors (Lipinski definition) is 4. The van der Waals surface area contributed by atoms with Crippen molar-refractivity contribution in [3.05, 3.63) is 130 Å². The molecular formula is C31H25Cl2N3O3S. The highest BCUT2D eigenvalue weighted by atomic mass is 35.5. The third-order valence-corrected chi connectivity index (χ3v) is 7.59. The number of hydrogen-bond donors (Lipinski definition) is 3. The van der Waals surface area contributed by atoms with E-state index in [1.165, 1.54) is 17.8 Å². The van der Waals surface area contributed by atoms with E-state index in [1.54, 1.807) is 60.7 Å². The van der Waals surface area contributed by atoms with Gasteiger partial charge in [-0.15, -0.1) is 11.8 Å². The van der Waals surface area contributed by atoms with Crippen LogP contribution >= 0.6 is 35.0 Å². The predicted octanol–water partition coefficient (Wildman–Crippen LogP) is 7.52. The number of halogens is 2. The first kappa shape index (κ1) is 29.0. The topological polar surface area (TPSA) is 87.3 Å². The molecule has 0 aliphatic rings. The molecule has 1 unspecified atom stereocenters. The highest BCUT2D eigenvalue weighted by molar-refractivity contribution is 8.00. The van der Waals surface area contributed by atoms with E-state index in [1.807, 2.05) is 49.4 Å². The molecule has 3 amide bonds. The Morgan fingerprint density at radius 1 is 0.750 bits per heavy atom. The molecule has 0 bridgehead atoms. The number of para-hydroxylation sites is 1. The van der Waals surface area contributed by atoms with Gasteiger partial charge in [0.2, 0.25) is 5.91 Å². The Balaban J connectivity index is 1.46. The number of benzene rings is 4. The Labute approximate surface area is 246 Å². The molecule has 4 aromatic rings. The van der Waals surface area contributed by atoms with Gasteiger partial charge in [0, 0.05) is 21.8 Å². The van der Waals surface area contributed by atoms with Gasteiger partial charge in [0.15, 0.2) is 0 Å². The molecule has 0 radical (unpaired) electrons. The first-order valence-electron chi connectivity index (χ1n) is 12.3. The molecule has 0 aliphatic heterocycles. The fourth-order valence-corrected chi connectivity index (χ4v) is 4.80. The molecule has 0 aliphatic carbocycles. The van der Waals surface area contributed by atoms with E-state index >= 15 is 0 Å². The third kappa shape index (κ3) is 7.99. The molecule has 0 fully saturated rings. The summed E-state index contributed by atoms with van der Waals surface area (Å²) in [5, 5.41) is 8.61. The van der Waals surface area contributed by atoms with Gasteiger partial charge in [0.25, 0.3) is 11.8 Å². The van der Waals surface area contributed by atoms with Crippen molar-refractivity contribution in [2.45, 2.75) is 17.1 Å². The summed E-state index contributed by atoms with van der Waals surface area (Å²) in [4.78, 5) is 39.5. The van der Waals surface area contributed by atoms with Crippen LogP contribution in [0, 0.1) is 0 Å². The van der Waals surface area contributed by atoms with Gasteiger partial charge in [-0.1, -0.05) is 71.7 Å². The second-order valence-electron chi connectivity index (χ2n) is 8.62. The van der Waals surface area contributed by atoms with Crippen LogP contribution in [0.1, 0.15) is 22.8 Å². The lowest BCUT2D eigenvalue weighted by atomic mass is 10.1. The van der Waals surface area contributed by atoms with Gasteiger partial charge < -0.3 is 16.0 Å². The van der Waals surface area contributed by atoms with E-state index in [4.69, 9.17) is 23.2 Å². The Morgan fingerprint density at radius 3 is 2.05 bits per heavy atom. The second-order valence-corrected chi connectivity index (χ2v) is 10.8. The zero-order chi connectivity index (χ0) is 28.5. The molecule has 6 nitrogen and oxygen atoms in total. The van der Waals surface area contributed by atoms with Crippen molar-refractivity contribution in [3.8, 4) is 0 Å². The van der Waals surface area contributed by atoms with Crippen molar-refractivity contribution in [1.82, 2.24) is 5.32 Å². The van der Waals surface area contributed by atoms with Crippen LogP contribution < -0.4 is 16.0 Å². The number of carbonyl (C=O) groups is 3. The molecule has 9 heteroatoms. The normalized spacial score (nSPS) is 11.8. The van der Waals surface area contributed by atoms with E-state index in [0.717, 1.165) is 10.6 Å². The maximum absolute atomic E-state index is 13.3. The molecule has 202 valence electrons. The lowest BCUT2D eigenvalue weighted by molar-refractivity contribution is -0.115. The van der Waals surface area contributed by atoms with Crippen LogP contribution in [0.25, 0.3) is 6.08 Å². The van der Waals surface area contributed by atoms with Gasteiger partial charge in [-0.2, -0.15) is 0 Å². The minimum atomic E-state index is -0.545. The fraction of sp³-hybridized carbons (Fsp3) is 0.0645. The van der Waals surface area contributed by atoms with Gasteiger partial charge >= 0.3 is 0 Å². The molecule has 3 N–H and O–H groups in total. The van der Waals surface area contributed by atoms with Gasteiger partial charge in [0.05, 0.1) is 15.3 Å². The summed E-state index contributed by atoms with van der Waals surface area (Å²) in [6.45, 7) is 1.83. The first-order chi connectivity index (χ1) is 19.3. The van der Waals surface area contributed by atoms with Crippen LogP contribution in [0.3, 0.4) is 0 Å². The molecule has 4 aromatic carbocycles. The Hall–Kier alpha value is -4.04. The lowest BCUT2D eigenvalue weighted by Gasteiger charge is -2.14. The highest BCUT2D eigenvalue weighted by Gasteiger charge is 2.17. The van der Waals surface area contributed by atoms with Crippen molar-refractivity contribution in [3.63, 3.8) is 0 Å². The second kappa shape index (κ2) is 13.8. The highest BCUT2D eigenvalue weighted by Crippen LogP contribution is 2.28. The quantitative estimate of drug-likeness (QED) is 0.139. The minimum absolute atomic E-state index is 0.0114. The fourth-order valence-electron chi connectivity index (χ4n) is 3.57. The SMILES string of the molecule is CC(Sc1ccc(NC(=O)/C(=C/c2cccc(Cl)c2Cl)NC(=O)c2ccccc2)cc1)C(=O)Nc1ccccc1. The Kier molecular flexibility index (Phi) is 10.0. The van der Waals surface area contributed by atoms with Crippen molar-refractivity contribution in [1.29, 1.82) is 0 Å². The standard InChI is InChI=1S/C31H25Cl2N3O3S/c1-20(29(37)34-23-12-6-3-7-13-23)40-25-17-15-24(16-18-25)35-31(39)27(19-22-11-8-14-26(32)28(22)33)36-30(38)21-9-4-2-5-10-21/h2-20H,1H3,(H,34,37)(H,35,39)(H,36,38)/b27-19-. The van der Waals surface area contributed by atoms with Crippen LogP contribution in [0.4, 0.5) is 11.4 Å². The van der Waals surface area contributed by atoms with E-state index in [-0.39, 0.29) is 21.9 Å². The zero-order valence-electron chi connectivity index (χ0n) is 21.4. The largest absolute Gasteiger partial charge is 0.325 e. The van der Waals surface area contributed by atoms with Gasteiger partial charge in [-0.05, 0) is 73.2 Å². The summed E-state index contributed by atoms with van der Waals surface area (Å²) < 4.78 is 0. The van der Waals surface area contributed by atoms with Crippen LogP contribution in [-0.2, 0) is 9.59 Å². The molecule has 0 saturated heterocycles. The number of amides is 3. The van der Waals surface area contributed by atoms with Crippen LogP contribution in [0.5, 0.6) is 0 Å². The van der Waals surface area contributed by atoms with Gasteiger partial charge in [-0.3, -0.25) is 14.4 Å². The number of rotatable bonds is 9. The molecule has 0 saturated carbocycles. The maximum Gasteiger partial charge on any atom is 0.272 e. The van der Waals surface area contributed by atoms with E-state index in [9.17, 15) is 14.4 Å². The van der Waals surface area contributed by atoms with Crippen LogP contribution in [0.2, 0.25) is 10.0 Å². The van der Waals surface area contributed by atoms with Gasteiger partial charge in [0.1, 0.15) is 5.70 Å². The minimum Gasteiger partial charge on any atom is -0.325 e. The van der Waals surface area contributed by atoms with Crippen molar-refractivity contribution < 1.29 is 14.4 Å². The van der Waals surface area contributed by atoms with Crippen LogP contribution in [0.15, 0.2) is 114 Å². The monoisotopic (exact) mass is 589 g/mol. The van der Waals surface area contributed by atoms with Crippen molar-refractivity contribution in [2.24, 2.45) is 0 Å². The average molecular weight is 591 g/mol. The Bertz CT molecular complexity index is 1530. The average Bonchev–Trinajstić information content (AvgIpc) is 2.97. The van der Waals surface area contributed by atoms with Gasteiger partial charge in [-0.25, -0.2) is 0 Å². The molecule has 0 spiro atoms. The van der Waals surface area contributed by atoms with E-state index < -0.39 is 11.8 Å². The molecule has 4 rings (SSSR count). The Morgan fingerprint density at radius 2 is 1.38 bits per heavy atom. The summed E-state index contributed by atoms with van der Waals surface area (Å²) in [5.41, 5.74) is 2.10. The summed E-state index contributed by atoms with van der Waals surface area (Å²) in [6.07, 6.45) is 1.47. The smallest absolute Gasteiger partial charge is 0.272 e. The zero-order valence-corrected chi connectivity index (χ0v) is 23.7. The summed E-state index contributed by atoms with van der Waals surface area (Å²) >= 11 is 13.9. The number of anilines is 2. The molecular weight excluding hydrogens is 565 g/mol. The predicted molar refractivity (Wildman–Crippen MR) is 164 cm³/mol. The van der Waals surface area contributed by atoms with Crippen molar-refractivity contribution in [2.75, 3.05) is 10.6 Å². The third-order valence-electron chi connectivity index (χ3n) is 5.65. The summed E-state index contributed by atoms with van der Waals surface area (Å²) in [5.74, 6) is -1.11. The van der Waals surface area contributed by atoms with Crippen LogP contribution in [-0.4, -0.2) is 23.0 Å². The van der Waals surface area contributed by atoms with E-state index in [2.05, 4.69) is 16.0 Å². The molecule has 40 heavy (non-hydrogen) atoms. The summed E-state index contributed by atoms with van der Waals surface area (Å²) in [6, 6.07) is 29.9. The van der Waals surface area contributed by atoms with E-state index in [0.29, 0.717) is 21.8 Å². The summed E-state index contributed by atoms with van der Waals surface area (Å²) in [7, 11) is 0. The lowest BCUT2D eigenvalue weighted by Crippen LogP contribution is -2.30. The number of nitrogens with one attached hydrogen (secondary N) is 3. The molecule has 0 aromatic heterocycles. The number of carbonyl (C=O) groups excluding carboxylic acids is 3.